The van der Waals surface area contributed by atoms with Crippen molar-refractivity contribution in [3.05, 3.63) is 102 Å². The van der Waals surface area contributed by atoms with Gasteiger partial charge in [0.25, 0.3) is 0 Å². The van der Waals surface area contributed by atoms with Crippen molar-refractivity contribution >= 4 is 5.69 Å². The Balaban J connectivity index is 1.19. The molecule has 0 aromatic heterocycles. The summed E-state index contributed by atoms with van der Waals surface area (Å²) in [7, 11) is 0. The van der Waals surface area contributed by atoms with Crippen LogP contribution in [0.1, 0.15) is 36.5 Å². The average molecular weight is 429 g/mol. The molecule has 0 N–H and O–H groups in total. The second kappa shape index (κ2) is 12.4. The predicted octanol–water partition coefficient (Wildman–Crippen LogP) is 5.98. The minimum absolute atomic E-state index is 0.190. The van der Waals surface area contributed by atoms with Gasteiger partial charge in [0.2, 0.25) is 0 Å². The standard InChI is InChI=1S/C29H36N2O/c1-4-12-26(13-5-1)14-10-19-29(27-15-6-2-7-16-27)32-25-11-20-30-21-23-31(24-22-30)28-17-8-3-9-18-28/h1-9,12-13,15-18,29H,10-11,14,19-25H2. The summed E-state index contributed by atoms with van der Waals surface area (Å²) in [5, 5.41) is 0. The summed E-state index contributed by atoms with van der Waals surface area (Å²) in [5.74, 6) is 0. The molecule has 1 saturated heterocycles. The first-order chi connectivity index (χ1) is 15.9. The molecule has 1 atom stereocenters. The van der Waals surface area contributed by atoms with Crippen LogP contribution in [0, 0.1) is 0 Å². The molecular formula is C29H36N2O. The number of hydrogen-bond acceptors (Lipinski definition) is 3. The van der Waals surface area contributed by atoms with E-state index in [2.05, 4.69) is 101 Å². The third-order valence-corrected chi connectivity index (χ3v) is 6.38. The molecule has 1 aliphatic rings. The largest absolute Gasteiger partial charge is 0.373 e. The molecule has 0 radical (unpaired) electrons. The van der Waals surface area contributed by atoms with E-state index in [1.165, 1.54) is 16.8 Å². The summed E-state index contributed by atoms with van der Waals surface area (Å²) in [6.07, 6.45) is 4.60. The lowest BCUT2D eigenvalue weighted by Crippen LogP contribution is -2.46. The number of rotatable bonds is 11. The number of ether oxygens (including phenoxy) is 1. The Labute approximate surface area is 193 Å². The van der Waals surface area contributed by atoms with E-state index in [9.17, 15) is 0 Å². The molecule has 0 saturated carbocycles. The maximum atomic E-state index is 6.41. The van der Waals surface area contributed by atoms with Crippen molar-refractivity contribution in [3.63, 3.8) is 0 Å². The summed E-state index contributed by atoms with van der Waals surface area (Å²) >= 11 is 0. The highest BCUT2D eigenvalue weighted by atomic mass is 16.5. The summed E-state index contributed by atoms with van der Waals surface area (Å²) in [5.41, 5.74) is 4.06. The van der Waals surface area contributed by atoms with Gasteiger partial charge in [-0.2, -0.15) is 0 Å². The van der Waals surface area contributed by atoms with Crippen LogP contribution < -0.4 is 4.90 Å². The average Bonchev–Trinajstić information content (AvgIpc) is 2.87. The van der Waals surface area contributed by atoms with E-state index in [0.717, 1.165) is 65.0 Å². The van der Waals surface area contributed by atoms with Gasteiger partial charge < -0.3 is 9.64 Å². The first-order valence-corrected chi connectivity index (χ1v) is 12.1. The van der Waals surface area contributed by atoms with E-state index in [4.69, 9.17) is 4.74 Å². The van der Waals surface area contributed by atoms with E-state index in [-0.39, 0.29) is 6.10 Å². The lowest BCUT2D eigenvalue weighted by atomic mass is 10.0. The Morgan fingerprint density at radius 1 is 0.688 bits per heavy atom. The van der Waals surface area contributed by atoms with Crippen LogP contribution in [0.3, 0.4) is 0 Å². The van der Waals surface area contributed by atoms with Gasteiger partial charge >= 0.3 is 0 Å². The van der Waals surface area contributed by atoms with Gasteiger partial charge in [-0.05, 0) is 48.9 Å². The summed E-state index contributed by atoms with van der Waals surface area (Å²) in [6, 6.07) is 32.3. The molecule has 0 amide bonds. The van der Waals surface area contributed by atoms with Crippen LogP contribution in [0.15, 0.2) is 91.0 Å². The molecule has 0 aliphatic carbocycles. The number of hydrogen-bond donors (Lipinski definition) is 0. The van der Waals surface area contributed by atoms with Crippen LogP contribution in [0.25, 0.3) is 0 Å². The third-order valence-electron chi connectivity index (χ3n) is 6.38. The SMILES string of the molecule is c1ccc(CCCC(OCCCN2CCN(c3ccccc3)CC2)c2ccccc2)cc1. The number of benzene rings is 3. The quantitative estimate of drug-likeness (QED) is 0.349. The van der Waals surface area contributed by atoms with E-state index >= 15 is 0 Å². The topological polar surface area (TPSA) is 15.7 Å². The molecule has 3 aromatic carbocycles. The summed E-state index contributed by atoms with van der Waals surface area (Å²) in [6.45, 7) is 6.42. The molecule has 32 heavy (non-hydrogen) atoms. The Morgan fingerprint density at radius 2 is 1.31 bits per heavy atom. The molecule has 1 fully saturated rings. The Morgan fingerprint density at radius 3 is 2.00 bits per heavy atom. The van der Waals surface area contributed by atoms with Crippen molar-refractivity contribution in [1.29, 1.82) is 0 Å². The van der Waals surface area contributed by atoms with Gasteiger partial charge in [-0.25, -0.2) is 0 Å². The predicted molar refractivity (Wildman–Crippen MR) is 134 cm³/mol. The van der Waals surface area contributed by atoms with Crippen LogP contribution in [-0.2, 0) is 11.2 Å². The Bertz CT molecular complexity index is 877. The summed E-state index contributed by atoms with van der Waals surface area (Å²) in [4.78, 5) is 5.07. The number of para-hydroxylation sites is 1. The number of piperazine rings is 1. The molecule has 0 spiro atoms. The molecule has 4 rings (SSSR count). The number of aryl methyl sites for hydroxylation is 1. The molecular weight excluding hydrogens is 392 g/mol. The molecule has 1 aliphatic heterocycles. The van der Waals surface area contributed by atoms with Crippen LogP contribution in [0.2, 0.25) is 0 Å². The van der Waals surface area contributed by atoms with Crippen LogP contribution in [0.4, 0.5) is 5.69 Å². The normalized spacial score (nSPS) is 15.6. The molecule has 3 nitrogen and oxygen atoms in total. The zero-order valence-corrected chi connectivity index (χ0v) is 19.1. The zero-order chi connectivity index (χ0) is 21.8. The van der Waals surface area contributed by atoms with Crippen LogP contribution in [-0.4, -0.2) is 44.2 Å². The zero-order valence-electron chi connectivity index (χ0n) is 19.1. The molecule has 3 heteroatoms. The van der Waals surface area contributed by atoms with E-state index in [0.29, 0.717) is 0 Å². The van der Waals surface area contributed by atoms with Gasteiger partial charge in [0, 0.05) is 45.0 Å². The molecule has 1 heterocycles. The first-order valence-electron chi connectivity index (χ1n) is 12.1. The Hall–Kier alpha value is -2.62. The third kappa shape index (κ3) is 6.94. The van der Waals surface area contributed by atoms with Crippen molar-refractivity contribution in [2.24, 2.45) is 0 Å². The highest BCUT2D eigenvalue weighted by Gasteiger charge is 2.17. The maximum absolute atomic E-state index is 6.41. The highest BCUT2D eigenvalue weighted by molar-refractivity contribution is 5.46. The van der Waals surface area contributed by atoms with Gasteiger partial charge in [-0.1, -0.05) is 78.9 Å². The van der Waals surface area contributed by atoms with Gasteiger partial charge in [-0.15, -0.1) is 0 Å². The first kappa shape index (κ1) is 22.6. The highest BCUT2D eigenvalue weighted by Crippen LogP contribution is 2.24. The van der Waals surface area contributed by atoms with Crippen molar-refractivity contribution in [2.75, 3.05) is 44.2 Å². The van der Waals surface area contributed by atoms with Gasteiger partial charge in [-0.3, -0.25) is 4.90 Å². The fourth-order valence-electron chi connectivity index (χ4n) is 4.53. The maximum Gasteiger partial charge on any atom is 0.0825 e. The van der Waals surface area contributed by atoms with Gasteiger partial charge in [0.15, 0.2) is 0 Å². The fraction of sp³-hybridized carbons (Fsp3) is 0.379. The van der Waals surface area contributed by atoms with Gasteiger partial charge in [0.05, 0.1) is 6.10 Å². The Kier molecular flexibility index (Phi) is 8.76. The van der Waals surface area contributed by atoms with Crippen molar-refractivity contribution in [1.82, 2.24) is 4.90 Å². The molecule has 3 aromatic rings. The van der Waals surface area contributed by atoms with E-state index in [1.54, 1.807) is 0 Å². The number of anilines is 1. The van der Waals surface area contributed by atoms with Crippen molar-refractivity contribution < 1.29 is 4.74 Å². The minimum atomic E-state index is 0.190. The molecule has 0 bridgehead atoms. The van der Waals surface area contributed by atoms with Crippen LogP contribution in [0.5, 0.6) is 0 Å². The smallest absolute Gasteiger partial charge is 0.0825 e. The lowest BCUT2D eigenvalue weighted by molar-refractivity contribution is 0.0388. The minimum Gasteiger partial charge on any atom is -0.373 e. The molecule has 168 valence electrons. The van der Waals surface area contributed by atoms with Crippen LogP contribution >= 0.6 is 0 Å². The fourth-order valence-corrected chi connectivity index (χ4v) is 4.53. The number of nitrogens with zero attached hydrogens (tertiary/aromatic N) is 2. The molecule has 1 unspecified atom stereocenters. The monoisotopic (exact) mass is 428 g/mol. The van der Waals surface area contributed by atoms with Gasteiger partial charge in [0.1, 0.15) is 0 Å². The van der Waals surface area contributed by atoms with Crippen molar-refractivity contribution in [2.45, 2.75) is 31.8 Å². The second-order valence-corrected chi connectivity index (χ2v) is 8.67. The van der Waals surface area contributed by atoms with E-state index in [1.807, 2.05) is 0 Å². The van der Waals surface area contributed by atoms with Crippen molar-refractivity contribution in [3.8, 4) is 0 Å². The summed E-state index contributed by atoms with van der Waals surface area (Å²) < 4.78 is 6.41. The van der Waals surface area contributed by atoms with E-state index < -0.39 is 0 Å². The second-order valence-electron chi connectivity index (χ2n) is 8.67. The lowest BCUT2D eigenvalue weighted by Gasteiger charge is -2.36.